The number of aromatic amines is 1. The van der Waals surface area contributed by atoms with Crippen molar-refractivity contribution in [2.75, 3.05) is 32.7 Å². The second-order valence-corrected chi connectivity index (χ2v) is 6.80. The summed E-state index contributed by atoms with van der Waals surface area (Å²) < 4.78 is 0. The van der Waals surface area contributed by atoms with Gasteiger partial charge in [0, 0.05) is 32.7 Å². The minimum atomic E-state index is -0.0267. The van der Waals surface area contributed by atoms with E-state index in [1.807, 2.05) is 41.8 Å². The number of nitrogens with zero attached hydrogens (tertiary/aromatic N) is 3. The predicted molar refractivity (Wildman–Crippen MR) is 101 cm³/mol. The molecule has 3 amide bonds. The molecule has 0 unspecified atom stereocenters. The molecule has 26 heavy (non-hydrogen) atoms. The molecule has 2 aromatic rings. The predicted octanol–water partition coefficient (Wildman–Crippen LogP) is 2.07. The number of nitrogens with one attached hydrogen (secondary N) is 2. The first-order valence-electron chi connectivity index (χ1n) is 9.32. The summed E-state index contributed by atoms with van der Waals surface area (Å²) in [7, 11) is 0. The zero-order valence-electron chi connectivity index (χ0n) is 15.5. The van der Waals surface area contributed by atoms with Crippen LogP contribution in [0.3, 0.4) is 0 Å². The van der Waals surface area contributed by atoms with Crippen LogP contribution in [0.2, 0.25) is 0 Å². The van der Waals surface area contributed by atoms with Gasteiger partial charge in [0.25, 0.3) is 0 Å². The second-order valence-electron chi connectivity index (χ2n) is 6.80. The number of amides is 3. The first-order chi connectivity index (χ1) is 12.6. The highest BCUT2D eigenvalue weighted by atomic mass is 16.2. The Morgan fingerprint density at radius 3 is 2.77 bits per heavy atom. The van der Waals surface area contributed by atoms with Gasteiger partial charge >= 0.3 is 6.03 Å². The highest BCUT2D eigenvalue weighted by Crippen LogP contribution is 2.15. The summed E-state index contributed by atoms with van der Waals surface area (Å²) in [5, 5.41) is 2.91. The van der Waals surface area contributed by atoms with Crippen LogP contribution in [0.5, 0.6) is 0 Å². The average molecular weight is 357 g/mol. The van der Waals surface area contributed by atoms with Crippen LogP contribution in [-0.2, 0) is 11.2 Å². The number of fused-ring (bicyclic) bond motifs is 1. The number of imidazole rings is 1. The molecule has 3 rings (SSSR count). The van der Waals surface area contributed by atoms with Gasteiger partial charge in [-0.1, -0.05) is 13.0 Å². The lowest BCUT2D eigenvalue weighted by Crippen LogP contribution is -2.43. The number of hydrogen-bond donors (Lipinski definition) is 2. The molecule has 0 spiro atoms. The molecule has 1 saturated heterocycles. The van der Waals surface area contributed by atoms with Gasteiger partial charge in [0.15, 0.2) is 0 Å². The summed E-state index contributed by atoms with van der Waals surface area (Å²) in [6.07, 6.45) is 2.10. The van der Waals surface area contributed by atoms with Gasteiger partial charge < -0.3 is 20.1 Å². The van der Waals surface area contributed by atoms with E-state index in [1.54, 1.807) is 0 Å². The summed E-state index contributed by atoms with van der Waals surface area (Å²) in [6.45, 7) is 7.20. The fourth-order valence-corrected chi connectivity index (χ4v) is 3.29. The summed E-state index contributed by atoms with van der Waals surface area (Å²) >= 11 is 0. The fourth-order valence-electron chi connectivity index (χ4n) is 3.29. The lowest BCUT2D eigenvalue weighted by atomic mass is 10.1. The van der Waals surface area contributed by atoms with Crippen LogP contribution >= 0.6 is 0 Å². The molecule has 0 atom stereocenters. The van der Waals surface area contributed by atoms with Crippen LogP contribution in [0.25, 0.3) is 11.0 Å². The van der Waals surface area contributed by atoms with Gasteiger partial charge in [-0.05, 0) is 37.5 Å². The van der Waals surface area contributed by atoms with Crippen LogP contribution in [0.4, 0.5) is 4.79 Å². The molecule has 0 radical (unpaired) electrons. The SMILES string of the molecule is CCCNC(=O)N1CCCN(C(=O)Cc2ccc3nc(C)[nH]c3c2)CC1. The zero-order valence-corrected chi connectivity index (χ0v) is 15.5. The Morgan fingerprint density at radius 2 is 1.96 bits per heavy atom. The van der Waals surface area contributed by atoms with E-state index < -0.39 is 0 Å². The number of rotatable bonds is 4. The lowest BCUT2D eigenvalue weighted by Gasteiger charge is -2.22. The maximum atomic E-state index is 12.7. The highest BCUT2D eigenvalue weighted by Gasteiger charge is 2.22. The topological polar surface area (TPSA) is 81.3 Å². The molecular weight excluding hydrogens is 330 g/mol. The molecule has 2 heterocycles. The quantitative estimate of drug-likeness (QED) is 0.879. The molecule has 1 aromatic heterocycles. The Kier molecular flexibility index (Phi) is 5.75. The van der Waals surface area contributed by atoms with Gasteiger partial charge in [0.05, 0.1) is 17.5 Å². The monoisotopic (exact) mass is 357 g/mol. The molecule has 7 heteroatoms. The Balaban J connectivity index is 1.58. The van der Waals surface area contributed by atoms with Gasteiger partial charge in [-0.3, -0.25) is 4.79 Å². The third kappa shape index (κ3) is 4.33. The molecule has 7 nitrogen and oxygen atoms in total. The van der Waals surface area contributed by atoms with E-state index >= 15 is 0 Å². The summed E-state index contributed by atoms with van der Waals surface area (Å²) in [6, 6.07) is 5.88. The number of H-pyrrole nitrogens is 1. The van der Waals surface area contributed by atoms with Crippen molar-refractivity contribution in [2.24, 2.45) is 0 Å². The van der Waals surface area contributed by atoms with Crippen molar-refractivity contribution in [1.82, 2.24) is 25.1 Å². The number of hydrogen-bond acceptors (Lipinski definition) is 3. The minimum absolute atomic E-state index is 0.0267. The Morgan fingerprint density at radius 1 is 1.19 bits per heavy atom. The molecule has 2 N–H and O–H groups in total. The van der Waals surface area contributed by atoms with Gasteiger partial charge in [0.2, 0.25) is 5.91 Å². The van der Waals surface area contributed by atoms with Gasteiger partial charge in [-0.2, -0.15) is 0 Å². The van der Waals surface area contributed by atoms with Crippen LogP contribution in [-0.4, -0.2) is 64.4 Å². The van der Waals surface area contributed by atoms with Crippen molar-refractivity contribution in [3.05, 3.63) is 29.6 Å². The molecule has 140 valence electrons. The van der Waals surface area contributed by atoms with Crippen molar-refractivity contribution in [2.45, 2.75) is 33.1 Å². The second kappa shape index (κ2) is 8.21. The van der Waals surface area contributed by atoms with E-state index in [-0.39, 0.29) is 11.9 Å². The van der Waals surface area contributed by atoms with Crippen molar-refractivity contribution < 1.29 is 9.59 Å². The van der Waals surface area contributed by atoms with E-state index in [2.05, 4.69) is 15.3 Å². The van der Waals surface area contributed by atoms with E-state index in [0.717, 1.165) is 35.3 Å². The standard InChI is InChI=1S/C19H27N5O2/c1-3-7-20-19(26)24-9-4-8-23(10-11-24)18(25)13-15-5-6-16-17(12-15)22-14(2)21-16/h5-6,12H,3-4,7-11,13H2,1-2H3,(H,20,26)(H,21,22). The summed E-state index contributed by atoms with van der Waals surface area (Å²) in [5.41, 5.74) is 2.86. The molecule has 0 bridgehead atoms. The number of aromatic nitrogens is 2. The number of carbonyl (C=O) groups is 2. The number of benzene rings is 1. The molecule has 1 aliphatic heterocycles. The Hall–Kier alpha value is -2.57. The van der Waals surface area contributed by atoms with Gasteiger partial charge in [-0.15, -0.1) is 0 Å². The molecule has 0 saturated carbocycles. The highest BCUT2D eigenvalue weighted by molar-refractivity contribution is 5.82. The normalized spacial score (nSPS) is 15.2. The first-order valence-corrected chi connectivity index (χ1v) is 9.32. The third-order valence-corrected chi connectivity index (χ3v) is 4.68. The van der Waals surface area contributed by atoms with Crippen molar-refractivity contribution in [1.29, 1.82) is 0 Å². The Labute approximate surface area is 153 Å². The molecule has 1 fully saturated rings. The van der Waals surface area contributed by atoms with E-state index in [1.165, 1.54) is 0 Å². The van der Waals surface area contributed by atoms with Gasteiger partial charge in [0.1, 0.15) is 5.82 Å². The molecule has 1 aromatic carbocycles. The van der Waals surface area contributed by atoms with E-state index in [4.69, 9.17) is 0 Å². The Bertz CT molecular complexity index is 785. The number of carbonyl (C=O) groups excluding carboxylic acids is 2. The molecule has 1 aliphatic rings. The maximum absolute atomic E-state index is 12.7. The summed E-state index contributed by atoms with van der Waals surface area (Å²) in [5.74, 6) is 0.980. The van der Waals surface area contributed by atoms with E-state index in [0.29, 0.717) is 39.1 Å². The summed E-state index contributed by atoms with van der Waals surface area (Å²) in [4.78, 5) is 36.1. The average Bonchev–Trinajstić information content (AvgIpc) is 2.82. The van der Waals surface area contributed by atoms with Crippen molar-refractivity contribution in [3.8, 4) is 0 Å². The smallest absolute Gasteiger partial charge is 0.317 e. The number of urea groups is 1. The van der Waals surface area contributed by atoms with Crippen LogP contribution in [0, 0.1) is 6.92 Å². The lowest BCUT2D eigenvalue weighted by molar-refractivity contribution is -0.130. The third-order valence-electron chi connectivity index (χ3n) is 4.68. The van der Waals surface area contributed by atoms with Crippen LogP contribution in [0.1, 0.15) is 31.2 Å². The minimum Gasteiger partial charge on any atom is -0.342 e. The van der Waals surface area contributed by atoms with Crippen molar-refractivity contribution in [3.63, 3.8) is 0 Å². The van der Waals surface area contributed by atoms with E-state index in [9.17, 15) is 9.59 Å². The molecular formula is C19H27N5O2. The number of aryl methyl sites for hydroxylation is 1. The largest absolute Gasteiger partial charge is 0.342 e. The first kappa shape index (κ1) is 18.2. The van der Waals surface area contributed by atoms with Gasteiger partial charge in [-0.25, -0.2) is 9.78 Å². The zero-order chi connectivity index (χ0) is 18.5. The molecule has 0 aliphatic carbocycles. The van der Waals surface area contributed by atoms with Crippen molar-refractivity contribution >= 4 is 23.0 Å². The van der Waals surface area contributed by atoms with Crippen LogP contribution in [0.15, 0.2) is 18.2 Å². The fraction of sp³-hybridized carbons (Fsp3) is 0.526. The maximum Gasteiger partial charge on any atom is 0.317 e. The van der Waals surface area contributed by atoms with Crippen LogP contribution < -0.4 is 5.32 Å².